The van der Waals surface area contributed by atoms with Crippen molar-refractivity contribution in [3.05, 3.63) is 29.8 Å². The van der Waals surface area contributed by atoms with Gasteiger partial charge >= 0.3 is 0 Å². The molecule has 5 heteroatoms. The fourth-order valence-corrected chi connectivity index (χ4v) is 2.02. The van der Waals surface area contributed by atoms with Gasteiger partial charge in [0.1, 0.15) is 0 Å². The number of rotatable bonds is 4. The molecule has 1 aliphatic rings. The summed E-state index contributed by atoms with van der Waals surface area (Å²) in [7, 11) is 0. The summed E-state index contributed by atoms with van der Waals surface area (Å²) < 4.78 is 0. The molecule has 0 saturated carbocycles. The Morgan fingerprint density at radius 2 is 2.00 bits per heavy atom. The highest BCUT2D eigenvalue weighted by molar-refractivity contribution is 6.05. The van der Waals surface area contributed by atoms with Crippen molar-refractivity contribution in [3.63, 3.8) is 0 Å². The van der Waals surface area contributed by atoms with Gasteiger partial charge in [-0.05, 0) is 26.8 Å². The zero-order valence-corrected chi connectivity index (χ0v) is 11.4. The molecular formula is C14H19NO4. The van der Waals surface area contributed by atoms with Crippen molar-refractivity contribution in [1.29, 1.82) is 0 Å². The number of carbonyl (C=O) groups excluding carboxylic acids is 1. The first-order chi connectivity index (χ1) is 8.89. The summed E-state index contributed by atoms with van der Waals surface area (Å²) in [5, 5.41) is 12.0. The summed E-state index contributed by atoms with van der Waals surface area (Å²) in [6.45, 7) is 5.32. The Bertz CT molecular complexity index is 481. The van der Waals surface area contributed by atoms with Crippen molar-refractivity contribution in [2.45, 2.75) is 38.4 Å². The van der Waals surface area contributed by atoms with Crippen molar-refractivity contribution in [2.24, 2.45) is 0 Å². The highest BCUT2D eigenvalue weighted by atomic mass is 17.2. The van der Waals surface area contributed by atoms with Gasteiger partial charge in [0.2, 0.25) is 5.60 Å². The van der Waals surface area contributed by atoms with Gasteiger partial charge in [0, 0.05) is 24.3 Å². The normalized spacial score (nSPS) is 22.2. The minimum Gasteiger partial charge on any atom is -0.396 e. The molecule has 0 fully saturated rings. The van der Waals surface area contributed by atoms with Gasteiger partial charge in [0.25, 0.3) is 5.91 Å². The summed E-state index contributed by atoms with van der Waals surface area (Å²) >= 11 is 0. The van der Waals surface area contributed by atoms with Crippen molar-refractivity contribution >= 4 is 11.6 Å². The SMILES string of the molecule is CC(C)(C)OOC1(CCO)C(=O)Nc2ccccc21. The Balaban J connectivity index is 2.36. The standard InChI is InChI=1S/C14H19NO4/c1-13(2,3)18-19-14(8-9-16)10-6-4-5-7-11(10)15-12(14)17/h4-7,16H,8-9H2,1-3H3,(H,15,17). The zero-order chi connectivity index (χ0) is 14.1. The van der Waals surface area contributed by atoms with E-state index in [1.54, 1.807) is 12.1 Å². The van der Waals surface area contributed by atoms with Crippen LogP contribution in [0.4, 0.5) is 5.69 Å². The molecule has 1 amide bonds. The Labute approximate surface area is 112 Å². The number of aliphatic hydroxyl groups excluding tert-OH is 1. The van der Waals surface area contributed by atoms with Crippen LogP contribution in [0, 0.1) is 0 Å². The number of hydrogen-bond donors (Lipinski definition) is 2. The van der Waals surface area contributed by atoms with Gasteiger partial charge in [-0.2, -0.15) is 0 Å². The Morgan fingerprint density at radius 1 is 1.32 bits per heavy atom. The highest BCUT2D eigenvalue weighted by Crippen LogP contribution is 2.41. The third kappa shape index (κ3) is 2.63. The molecule has 19 heavy (non-hydrogen) atoms. The van der Waals surface area contributed by atoms with Crippen LogP contribution in [0.15, 0.2) is 24.3 Å². The van der Waals surface area contributed by atoms with Gasteiger partial charge in [-0.1, -0.05) is 18.2 Å². The number of amides is 1. The smallest absolute Gasteiger partial charge is 0.264 e. The maximum absolute atomic E-state index is 12.2. The molecule has 1 atom stereocenters. The molecule has 1 aliphatic heterocycles. The first kappa shape index (κ1) is 14.0. The van der Waals surface area contributed by atoms with E-state index in [0.717, 1.165) is 0 Å². The van der Waals surface area contributed by atoms with Gasteiger partial charge in [-0.3, -0.25) is 4.79 Å². The molecule has 2 rings (SSSR count). The van der Waals surface area contributed by atoms with Gasteiger partial charge in [-0.15, -0.1) is 0 Å². The summed E-state index contributed by atoms with van der Waals surface area (Å²) in [6.07, 6.45) is 0.145. The van der Waals surface area contributed by atoms with Crippen LogP contribution in [0.2, 0.25) is 0 Å². The zero-order valence-electron chi connectivity index (χ0n) is 11.4. The lowest BCUT2D eigenvalue weighted by atomic mass is 9.92. The van der Waals surface area contributed by atoms with E-state index in [1.165, 1.54) is 0 Å². The Hall–Kier alpha value is -1.43. The molecule has 0 bridgehead atoms. The fraction of sp³-hybridized carbons (Fsp3) is 0.500. The van der Waals surface area contributed by atoms with E-state index in [-0.39, 0.29) is 18.9 Å². The van der Waals surface area contributed by atoms with Crippen LogP contribution >= 0.6 is 0 Å². The van der Waals surface area contributed by atoms with Crippen LogP contribution < -0.4 is 5.32 Å². The quantitative estimate of drug-likeness (QED) is 0.645. The molecule has 1 unspecified atom stereocenters. The van der Waals surface area contributed by atoms with E-state index in [0.29, 0.717) is 11.3 Å². The molecule has 1 aromatic rings. The molecule has 0 radical (unpaired) electrons. The van der Waals surface area contributed by atoms with Crippen LogP contribution in [0.3, 0.4) is 0 Å². The minimum atomic E-state index is -1.28. The van der Waals surface area contributed by atoms with Crippen molar-refractivity contribution in [1.82, 2.24) is 0 Å². The molecule has 5 nitrogen and oxygen atoms in total. The van der Waals surface area contributed by atoms with E-state index in [4.69, 9.17) is 9.78 Å². The largest absolute Gasteiger partial charge is 0.396 e. The number of benzene rings is 1. The third-order valence-corrected chi connectivity index (χ3v) is 2.87. The van der Waals surface area contributed by atoms with E-state index in [2.05, 4.69) is 5.32 Å². The molecule has 0 aromatic heterocycles. The maximum atomic E-state index is 12.2. The average Bonchev–Trinajstić information content (AvgIpc) is 2.60. The lowest BCUT2D eigenvalue weighted by Crippen LogP contribution is -2.40. The number of hydrogen-bond acceptors (Lipinski definition) is 4. The number of aliphatic hydroxyl groups is 1. The van der Waals surface area contributed by atoms with E-state index < -0.39 is 11.2 Å². The number of nitrogens with one attached hydrogen (secondary N) is 1. The van der Waals surface area contributed by atoms with Crippen LogP contribution in [0.25, 0.3) is 0 Å². The summed E-state index contributed by atoms with van der Waals surface area (Å²) in [5.74, 6) is -0.313. The Morgan fingerprint density at radius 3 is 2.63 bits per heavy atom. The second-order valence-corrected chi connectivity index (χ2v) is 5.58. The Kier molecular flexibility index (Phi) is 3.62. The maximum Gasteiger partial charge on any atom is 0.264 e. The van der Waals surface area contributed by atoms with Crippen LogP contribution in [-0.4, -0.2) is 23.2 Å². The van der Waals surface area contributed by atoms with E-state index in [9.17, 15) is 9.90 Å². The van der Waals surface area contributed by atoms with Crippen molar-refractivity contribution in [3.8, 4) is 0 Å². The number of fused-ring (bicyclic) bond motifs is 1. The summed E-state index contributed by atoms with van der Waals surface area (Å²) in [6, 6.07) is 7.26. The van der Waals surface area contributed by atoms with Crippen molar-refractivity contribution < 1.29 is 19.7 Å². The number of carbonyl (C=O) groups is 1. The van der Waals surface area contributed by atoms with E-state index in [1.807, 2.05) is 32.9 Å². The topological polar surface area (TPSA) is 67.8 Å². The summed E-state index contributed by atoms with van der Waals surface area (Å²) in [5.41, 5.74) is -0.435. The fourth-order valence-electron chi connectivity index (χ4n) is 2.02. The molecule has 0 saturated heterocycles. The molecular weight excluding hydrogens is 246 g/mol. The predicted octanol–water partition coefficient (Wildman–Crippen LogP) is 1.96. The lowest BCUT2D eigenvalue weighted by Gasteiger charge is -2.29. The summed E-state index contributed by atoms with van der Waals surface area (Å²) in [4.78, 5) is 23.0. The molecule has 0 spiro atoms. The molecule has 1 aromatic carbocycles. The van der Waals surface area contributed by atoms with Crippen LogP contribution in [0.1, 0.15) is 32.8 Å². The molecule has 0 aliphatic carbocycles. The van der Waals surface area contributed by atoms with Gasteiger partial charge in [0.05, 0.1) is 5.60 Å². The van der Waals surface area contributed by atoms with Crippen molar-refractivity contribution in [2.75, 3.05) is 11.9 Å². The lowest BCUT2D eigenvalue weighted by molar-refractivity contribution is -0.398. The van der Waals surface area contributed by atoms with Gasteiger partial charge in [-0.25, -0.2) is 9.78 Å². The third-order valence-electron chi connectivity index (χ3n) is 2.87. The molecule has 104 valence electrons. The second kappa shape index (κ2) is 4.92. The van der Waals surface area contributed by atoms with Crippen LogP contribution in [-0.2, 0) is 20.2 Å². The number of anilines is 1. The average molecular weight is 265 g/mol. The minimum absolute atomic E-state index is 0.145. The van der Waals surface area contributed by atoms with Gasteiger partial charge in [0.15, 0.2) is 0 Å². The van der Waals surface area contributed by atoms with Gasteiger partial charge < -0.3 is 10.4 Å². The first-order valence-electron chi connectivity index (χ1n) is 6.28. The first-order valence-corrected chi connectivity index (χ1v) is 6.28. The van der Waals surface area contributed by atoms with E-state index >= 15 is 0 Å². The predicted molar refractivity (Wildman–Crippen MR) is 70.4 cm³/mol. The monoisotopic (exact) mass is 265 g/mol. The molecule has 1 heterocycles. The number of para-hydroxylation sites is 1. The van der Waals surface area contributed by atoms with Crippen LogP contribution in [0.5, 0.6) is 0 Å². The second-order valence-electron chi connectivity index (χ2n) is 5.58. The highest BCUT2D eigenvalue weighted by Gasteiger charge is 2.49. The molecule has 2 N–H and O–H groups in total.